The number of fused-ring (bicyclic) bond motifs is 1. The lowest BCUT2D eigenvalue weighted by Gasteiger charge is -2.10. The summed E-state index contributed by atoms with van der Waals surface area (Å²) in [5.74, 6) is -0.950. The molecule has 0 radical (unpaired) electrons. The molecule has 0 saturated carbocycles. The van der Waals surface area contributed by atoms with Crippen molar-refractivity contribution in [2.75, 3.05) is 0 Å². The second kappa shape index (κ2) is 5.18. The van der Waals surface area contributed by atoms with Gasteiger partial charge in [-0.2, -0.15) is 0 Å². The van der Waals surface area contributed by atoms with Crippen LogP contribution in [0.1, 0.15) is 10.5 Å². The van der Waals surface area contributed by atoms with Crippen LogP contribution in [0.25, 0.3) is 22.0 Å². The molecule has 4 aromatic rings. The average molecular weight is 302 g/mol. The second-order valence-electron chi connectivity index (χ2n) is 5.29. The molecule has 0 fully saturated rings. The molecule has 23 heavy (non-hydrogen) atoms. The number of aromatic nitrogens is 2. The third-order valence-electron chi connectivity index (χ3n) is 3.93. The van der Waals surface area contributed by atoms with Gasteiger partial charge in [-0.1, -0.05) is 48.5 Å². The van der Waals surface area contributed by atoms with Crippen molar-refractivity contribution in [1.29, 1.82) is 0 Å². The molecule has 0 atom stereocenters. The summed E-state index contributed by atoms with van der Waals surface area (Å²) in [5, 5.41) is 10.8. The average Bonchev–Trinajstić information content (AvgIpc) is 3.20. The van der Waals surface area contributed by atoms with E-state index in [1.165, 1.54) is 0 Å². The fourth-order valence-corrected chi connectivity index (χ4v) is 3.02. The highest BCUT2D eigenvalue weighted by Gasteiger charge is 2.24. The maximum absolute atomic E-state index is 12.0. The van der Waals surface area contributed by atoms with Crippen molar-refractivity contribution in [3.63, 3.8) is 0 Å². The Morgan fingerprint density at radius 3 is 2.17 bits per heavy atom. The number of aromatic carboxylic acids is 1. The topological polar surface area (TPSA) is 47.2 Å². The first kappa shape index (κ1) is 13.4. The molecule has 2 aromatic carbocycles. The molecule has 0 aliphatic heterocycles. The van der Waals surface area contributed by atoms with Crippen molar-refractivity contribution in [3.8, 4) is 11.1 Å². The fraction of sp³-hybridized carbons (Fsp3) is 0. The van der Waals surface area contributed by atoms with Crippen LogP contribution in [0.15, 0.2) is 79.1 Å². The summed E-state index contributed by atoms with van der Waals surface area (Å²) in [6, 6.07) is 21.1. The summed E-state index contributed by atoms with van der Waals surface area (Å²) >= 11 is 0. The molecule has 112 valence electrons. The van der Waals surface area contributed by atoms with Crippen molar-refractivity contribution in [2.45, 2.75) is 0 Å². The van der Waals surface area contributed by atoms with Crippen molar-refractivity contribution in [2.24, 2.45) is 0 Å². The first-order valence-corrected chi connectivity index (χ1v) is 7.33. The van der Waals surface area contributed by atoms with Gasteiger partial charge in [0.1, 0.15) is 0 Å². The summed E-state index contributed by atoms with van der Waals surface area (Å²) in [7, 11) is 0. The summed E-state index contributed by atoms with van der Waals surface area (Å²) in [5.41, 5.74) is 2.75. The second-order valence-corrected chi connectivity index (χ2v) is 5.29. The van der Waals surface area contributed by atoms with Crippen LogP contribution in [-0.4, -0.2) is 20.4 Å². The summed E-state index contributed by atoms with van der Waals surface area (Å²) in [6.45, 7) is 0. The number of hydrogen-bond acceptors (Lipinski definition) is 1. The molecule has 1 N–H and O–H groups in total. The molecule has 0 aliphatic rings. The monoisotopic (exact) mass is 302 g/mol. The third kappa shape index (κ3) is 2.04. The SMILES string of the molecule is O=C(O)c1c(-c2ccccc2)c2ccccc2n1-n1cccc1. The number of rotatable bonds is 3. The highest BCUT2D eigenvalue weighted by Crippen LogP contribution is 2.35. The van der Waals surface area contributed by atoms with Gasteiger partial charge in [0.2, 0.25) is 0 Å². The van der Waals surface area contributed by atoms with Gasteiger partial charge in [-0.05, 0) is 23.8 Å². The van der Waals surface area contributed by atoms with Gasteiger partial charge in [-0.3, -0.25) is 4.68 Å². The predicted molar refractivity (Wildman–Crippen MR) is 89.6 cm³/mol. The maximum atomic E-state index is 12.0. The molecule has 2 aromatic heterocycles. The van der Waals surface area contributed by atoms with E-state index in [9.17, 15) is 9.90 Å². The van der Waals surface area contributed by atoms with Crippen molar-refractivity contribution >= 4 is 16.9 Å². The predicted octanol–water partition coefficient (Wildman–Crippen LogP) is 4.12. The Bertz CT molecular complexity index is 983. The Morgan fingerprint density at radius 2 is 1.48 bits per heavy atom. The molecule has 4 nitrogen and oxygen atoms in total. The zero-order valence-corrected chi connectivity index (χ0v) is 12.3. The maximum Gasteiger partial charge on any atom is 0.355 e. The number of nitrogens with zero attached hydrogens (tertiary/aromatic N) is 2. The minimum absolute atomic E-state index is 0.258. The molecule has 0 saturated heterocycles. The Balaban J connectivity index is 2.18. The number of carboxylic acid groups (broad SMARTS) is 1. The van der Waals surface area contributed by atoms with Gasteiger partial charge in [-0.15, -0.1) is 0 Å². The minimum atomic E-state index is -0.950. The van der Waals surface area contributed by atoms with E-state index in [-0.39, 0.29) is 5.69 Å². The van der Waals surface area contributed by atoms with Gasteiger partial charge >= 0.3 is 5.97 Å². The van der Waals surface area contributed by atoms with E-state index in [1.807, 2.05) is 79.1 Å². The van der Waals surface area contributed by atoms with Crippen molar-refractivity contribution in [3.05, 3.63) is 84.8 Å². The molecule has 4 rings (SSSR count). The zero-order valence-electron chi connectivity index (χ0n) is 12.3. The zero-order chi connectivity index (χ0) is 15.8. The first-order valence-electron chi connectivity index (χ1n) is 7.33. The molecule has 0 bridgehead atoms. The van der Waals surface area contributed by atoms with Crippen LogP contribution in [0, 0.1) is 0 Å². The van der Waals surface area contributed by atoms with E-state index in [0.29, 0.717) is 0 Å². The highest BCUT2D eigenvalue weighted by molar-refractivity contribution is 6.08. The molecule has 4 heteroatoms. The Labute approximate surface area is 132 Å². The number of para-hydroxylation sites is 1. The molecule has 0 amide bonds. The van der Waals surface area contributed by atoms with Crippen LogP contribution < -0.4 is 0 Å². The quantitative estimate of drug-likeness (QED) is 0.619. The smallest absolute Gasteiger partial charge is 0.355 e. The first-order chi connectivity index (χ1) is 11.3. The Kier molecular flexibility index (Phi) is 3.01. The van der Waals surface area contributed by atoms with E-state index >= 15 is 0 Å². The summed E-state index contributed by atoms with van der Waals surface area (Å²) in [4.78, 5) is 12.0. The number of hydrogen-bond donors (Lipinski definition) is 1. The molecular formula is C19H14N2O2. The van der Waals surface area contributed by atoms with Crippen LogP contribution in [-0.2, 0) is 0 Å². The van der Waals surface area contributed by atoms with Crippen LogP contribution >= 0.6 is 0 Å². The van der Waals surface area contributed by atoms with Gasteiger partial charge in [0.25, 0.3) is 0 Å². The highest BCUT2D eigenvalue weighted by atomic mass is 16.4. The van der Waals surface area contributed by atoms with E-state index in [2.05, 4.69) is 0 Å². The van der Waals surface area contributed by atoms with Gasteiger partial charge in [0.05, 0.1) is 5.52 Å². The minimum Gasteiger partial charge on any atom is -0.476 e. The van der Waals surface area contributed by atoms with Crippen LogP contribution in [0.5, 0.6) is 0 Å². The fourth-order valence-electron chi connectivity index (χ4n) is 3.02. The number of carbonyl (C=O) groups is 1. The lowest BCUT2D eigenvalue weighted by molar-refractivity contribution is 0.0685. The molecule has 2 heterocycles. The number of benzene rings is 2. The molecule has 0 unspecified atom stereocenters. The summed E-state index contributed by atoms with van der Waals surface area (Å²) < 4.78 is 3.53. The van der Waals surface area contributed by atoms with Crippen molar-refractivity contribution in [1.82, 2.24) is 9.35 Å². The molecule has 0 spiro atoms. The normalized spacial score (nSPS) is 11.0. The Morgan fingerprint density at radius 1 is 0.826 bits per heavy atom. The van der Waals surface area contributed by atoms with Crippen LogP contribution in [0.4, 0.5) is 0 Å². The standard InChI is InChI=1S/C19H14N2O2/c22-19(23)18-17(14-8-2-1-3-9-14)15-10-4-5-11-16(15)21(18)20-12-6-7-13-20/h1-13H,(H,22,23). The van der Waals surface area contributed by atoms with Gasteiger partial charge < -0.3 is 5.11 Å². The molecule has 0 aliphatic carbocycles. The lowest BCUT2D eigenvalue weighted by atomic mass is 10.0. The van der Waals surface area contributed by atoms with Crippen LogP contribution in [0.2, 0.25) is 0 Å². The van der Waals surface area contributed by atoms with E-state index in [0.717, 1.165) is 22.0 Å². The van der Waals surface area contributed by atoms with E-state index in [4.69, 9.17) is 0 Å². The number of carboxylic acids is 1. The molecular weight excluding hydrogens is 288 g/mol. The van der Waals surface area contributed by atoms with Gasteiger partial charge in [-0.25, -0.2) is 9.47 Å². The largest absolute Gasteiger partial charge is 0.476 e. The van der Waals surface area contributed by atoms with E-state index < -0.39 is 5.97 Å². The third-order valence-corrected chi connectivity index (χ3v) is 3.93. The van der Waals surface area contributed by atoms with E-state index in [1.54, 1.807) is 9.35 Å². The van der Waals surface area contributed by atoms with Crippen molar-refractivity contribution < 1.29 is 9.90 Å². The van der Waals surface area contributed by atoms with Gasteiger partial charge in [0.15, 0.2) is 5.69 Å². The van der Waals surface area contributed by atoms with Gasteiger partial charge in [0, 0.05) is 23.3 Å². The lowest BCUT2D eigenvalue weighted by Crippen LogP contribution is -2.14. The Hall–Kier alpha value is -3.27. The summed E-state index contributed by atoms with van der Waals surface area (Å²) in [6.07, 6.45) is 3.68. The van der Waals surface area contributed by atoms with Crippen LogP contribution in [0.3, 0.4) is 0 Å².